The van der Waals surface area contributed by atoms with Crippen LogP contribution in [0, 0.1) is 5.41 Å². The van der Waals surface area contributed by atoms with Crippen LogP contribution >= 0.6 is 11.6 Å². The van der Waals surface area contributed by atoms with Crippen molar-refractivity contribution in [3.8, 4) is 0 Å². The summed E-state index contributed by atoms with van der Waals surface area (Å²) in [7, 11) is 0. The Morgan fingerprint density at radius 2 is 2.23 bits per heavy atom. The van der Waals surface area contributed by atoms with Crippen molar-refractivity contribution in [2.24, 2.45) is 5.41 Å². The van der Waals surface area contributed by atoms with Gasteiger partial charge in [-0.2, -0.15) is 0 Å². The zero-order valence-corrected chi connectivity index (χ0v) is 13.4. The lowest BCUT2D eigenvalue weighted by molar-refractivity contribution is -0.133. The number of nitrogens with zero attached hydrogens (tertiary/aromatic N) is 1. The smallest absolute Gasteiger partial charge is 0.232 e. The standard InChI is InChI=1S/C16H19ClN2O3/c1-16(2)8-19(7-13(16)20)14(21)6-11-10-5-9(17)3-4-12(10)18-15(11)22/h3-5,11,13,20H,6-8H2,1-2H3,(H,18,22)/t11?,13-/m0/s1. The Balaban J connectivity index is 1.76. The summed E-state index contributed by atoms with van der Waals surface area (Å²) >= 11 is 5.99. The van der Waals surface area contributed by atoms with Gasteiger partial charge in [-0.1, -0.05) is 25.4 Å². The maximum absolute atomic E-state index is 12.5. The molecule has 2 aliphatic rings. The number of hydrogen-bond donors (Lipinski definition) is 2. The van der Waals surface area contributed by atoms with E-state index in [9.17, 15) is 14.7 Å². The molecule has 1 fully saturated rings. The van der Waals surface area contributed by atoms with E-state index in [1.165, 1.54) is 0 Å². The number of amides is 2. The first-order chi connectivity index (χ1) is 10.3. The normalized spacial score (nSPS) is 26.0. The van der Waals surface area contributed by atoms with Gasteiger partial charge in [0.1, 0.15) is 0 Å². The van der Waals surface area contributed by atoms with Crippen LogP contribution in [-0.2, 0) is 9.59 Å². The first-order valence-corrected chi connectivity index (χ1v) is 7.72. The Hall–Kier alpha value is -1.59. The maximum atomic E-state index is 12.5. The molecule has 0 radical (unpaired) electrons. The van der Waals surface area contributed by atoms with Crippen molar-refractivity contribution >= 4 is 29.1 Å². The first kappa shape index (κ1) is 15.3. The summed E-state index contributed by atoms with van der Waals surface area (Å²) in [5.41, 5.74) is 1.17. The molecule has 0 aromatic heterocycles. The molecule has 1 unspecified atom stereocenters. The van der Waals surface area contributed by atoms with Crippen molar-refractivity contribution in [2.75, 3.05) is 18.4 Å². The molecule has 2 aliphatic heterocycles. The number of anilines is 1. The quantitative estimate of drug-likeness (QED) is 0.875. The lowest BCUT2D eigenvalue weighted by Gasteiger charge is -2.21. The lowest BCUT2D eigenvalue weighted by Crippen LogP contribution is -2.32. The molecule has 1 aromatic carbocycles. The highest BCUT2D eigenvalue weighted by atomic mass is 35.5. The minimum atomic E-state index is -0.532. The molecule has 1 aromatic rings. The highest BCUT2D eigenvalue weighted by molar-refractivity contribution is 6.31. The molecule has 2 amide bonds. The van der Waals surface area contributed by atoms with Crippen LogP contribution in [-0.4, -0.2) is 41.0 Å². The second-order valence-electron chi connectivity index (χ2n) is 6.76. The van der Waals surface area contributed by atoms with Crippen LogP contribution in [0.25, 0.3) is 0 Å². The Bertz CT molecular complexity index is 644. The molecule has 5 nitrogen and oxygen atoms in total. The molecule has 0 spiro atoms. The number of β-amino-alcohol motifs (C(OH)–C–C–N with tert-alkyl or cyclic N) is 1. The summed E-state index contributed by atoms with van der Waals surface area (Å²) in [6.07, 6.45) is -0.433. The largest absolute Gasteiger partial charge is 0.391 e. The minimum Gasteiger partial charge on any atom is -0.391 e. The Kier molecular flexibility index (Phi) is 3.65. The molecule has 0 saturated carbocycles. The third kappa shape index (κ3) is 2.59. The van der Waals surface area contributed by atoms with Crippen molar-refractivity contribution in [2.45, 2.75) is 32.3 Å². The zero-order valence-electron chi connectivity index (χ0n) is 12.6. The van der Waals surface area contributed by atoms with Crippen LogP contribution in [0.4, 0.5) is 5.69 Å². The lowest BCUT2D eigenvalue weighted by atomic mass is 9.90. The van der Waals surface area contributed by atoms with Crippen LogP contribution in [0.1, 0.15) is 31.7 Å². The van der Waals surface area contributed by atoms with Gasteiger partial charge in [-0.25, -0.2) is 0 Å². The van der Waals surface area contributed by atoms with E-state index >= 15 is 0 Å². The number of benzene rings is 1. The third-order valence-corrected chi connectivity index (χ3v) is 4.82. The topological polar surface area (TPSA) is 69.6 Å². The molecule has 0 bridgehead atoms. The van der Waals surface area contributed by atoms with Crippen molar-refractivity contribution < 1.29 is 14.7 Å². The molecule has 22 heavy (non-hydrogen) atoms. The number of likely N-dealkylation sites (tertiary alicyclic amines) is 1. The van der Waals surface area contributed by atoms with Gasteiger partial charge in [0.05, 0.1) is 12.0 Å². The maximum Gasteiger partial charge on any atom is 0.232 e. The molecule has 0 aliphatic carbocycles. The van der Waals surface area contributed by atoms with Gasteiger partial charge in [0.2, 0.25) is 11.8 Å². The van der Waals surface area contributed by atoms with Crippen LogP contribution < -0.4 is 5.32 Å². The van der Waals surface area contributed by atoms with Gasteiger partial charge >= 0.3 is 0 Å². The summed E-state index contributed by atoms with van der Waals surface area (Å²) in [6, 6.07) is 5.20. The number of hydrogen-bond acceptors (Lipinski definition) is 3. The Labute approximate surface area is 134 Å². The van der Waals surface area contributed by atoms with Crippen molar-refractivity contribution in [3.05, 3.63) is 28.8 Å². The predicted octanol–water partition coefficient (Wildman–Crippen LogP) is 2.00. The number of rotatable bonds is 2. The number of carbonyl (C=O) groups excluding carboxylic acids is 2. The summed E-state index contributed by atoms with van der Waals surface area (Å²) in [5, 5.41) is 13.3. The molecular weight excluding hydrogens is 304 g/mol. The van der Waals surface area contributed by atoms with Crippen molar-refractivity contribution in [1.29, 1.82) is 0 Å². The van der Waals surface area contributed by atoms with Gasteiger partial charge < -0.3 is 15.3 Å². The molecule has 1 saturated heterocycles. The number of nitrogens with one attached hydrogen (secondary N) is 1. The highest BCUT2D eigenvalue weighted by Gasteiger charge is 2.41. The van der Waals surface area contributed by atoms with Crippen molar-refractivity contribution in [3.63, 3.8) is 0 Å². The molecule has 2 N–H and O–H groups in total. The van der Waals surface area contributed by atoms with Gasteiger partial charge in [0.15, 0.2) is 0 Å². The fourth-order valence-electron chi connectivity index (χ4n) is 3.11. The monoisotopic (exact) mass is 322 g/mol. The van der Waals surface area contributed by atoms with E-state index in [1.54, 1.807) is 23.1 Å². The van der Waals surface area contributed by atoms with Gasteiger partial charge in [0.25, 0.3) is 0 Å². The molecule has 6 heteroatoms. The second kappa shape index (κ2) is 5.25. The predicted molar refractivity (Wildman–Crippen MR) is 83.8 cm³/mol. The second-order valence-corrected chi connectivity index (χ2v) is 7.19. The molecule has 118 valence electrons. The van der Waals surface area contributed by atoms with E-state index in [4.69, 9.17) is 11.6 Å². The van der Waals surface area contributed by atoms with Gasteiger partial charge in [-0.3, -0.25) is 9.59 Å². The average Bonchev–Trinajstić information content (AvgIpc) is 2.88. The summed E-state index contributed by atoms with van der Waals surface area (Å²) in [5.74, 6) is -0.802. The van der Waals surface area contributed by atoms with E-state index in [1.807, 2.05) is 13.8 Å². The van der Waals surface area contributed by atoms with Crippen LogP contribution in [0.2, 0.25) is 5.02 Å². The van der Waals surface area contributed by atoms with Crippen molar-refractivity contribution in [1.82, 2.24) is 4.90 Å². The molecule has 2 heterocycles. The van der Waals surface area contributed by atoms with E-state index < -0.39 is 12.0 Å². The fraction of sp³-hybridized carbons (Fsp3) is 0.500. The molecular formula is C16H19ClN2O3. The van der Waals surface area contributed by atoms with Crippen LogP contribution in [0.3, 0.4) is 0 Å². The van der Waals surface area contributed by atoms with Gasteiger partial charge in [-0.15, -0.1) is 0 Å². The van der Waals surface area contributed by atoms with Crippen LogP contribution in [0.15, 0.2) is 18.2 Å². The molecule has 3 rings (SSSR count). The Morgan fingerprint density at radius 3 is 2.86 bits per heavy atom. The summed E-state index contributed by atoms with van der Waals surface area (Å²) in [4.78, 5) is 26.2. The zero-order chi connectivity index (χ0) is 16.1. The SMILES string of the molecule is CC1(C)CN(C(=O)CC2C(=O)Nc3ccc(Cl)cc32)C[C@@H]1O. The highest BCUT2D eigenvalue weighted by Crippen LogP contribution is 2.37. The van der Waals surface area contributed by atoms with E-state index in [0.717, 1.165) is 5.56 Å². The fourth-order valence-corrected chi connectivity index (χ4v) is 3.29. The number of fused-ring (bicyclic) bond motifs is 1. The van der Waals surface area contributed by atoms with Crippen LogP contribution in [0.5, 0.6) is 0 Å². The Morgan fingerprint density at radius 1 is 1.50 bits per heavy atom. The number of carbonyl (C=O) groups is 2. The summed E-state index contributed by atoms with van der Waals surface area (Å²) < 4.78 is 0. The molecule has 2 atom stereocenters. The third-order valence-electron chi connectivity index (χ3n) is 4.59. The van der Waals surface area contributed by atoms with E-state index in [-0.39, 0.29) is 23.7 Å². The van der Waals surface area contributed by atoms with E-state index in [2.05, 4.69) is 5.32 Å². The van der Waals surface area contributed by atoms with E-state index in [0.29, 0.717) is 23.8 Å². The van der Waals surface area contributed by atoms with Gasteiger partial charge in [-0.05, 0) is 23.8 Å². The number of halogens is 1. The minimum absolute atomic E-state index is 0.0992. The average molecular weight is 323 g/mol. The first-order valence-electron chi connectivity index (χ1n) is 7.34. The number of aliphatic hydroxyl groups excluding tert-OH is 1. The van der Waals surface area contributed by atoms with Gasteiger partial charge in [0, 0.05) is 35.6 Å². The summed E-state index contributed by atoms with van der Waals surface area (Å²) in [6.45, 7) is 4.69. The number of aliphatic hydroxyl groups is 1.